The van der Waals surface area contributed by atoms with Crippen LogP contribution < -0.4 is 0 Å². The van der Waals surface area contributed by atoms with Crippen molar-refractivity contribution in [1.29, 1.82) is 0 Å². The van der Waals surface area contributed by atoms with E-state index in [0.717, 1.165) is 43.4 Å². The van der Waals surface area contributed by atoms with Crippen molar-refractivity contribution in [1.82, 2.24) is 9.88 Å². The van der Waals surface area contributed by atoms with Gasteiger partial charge in [0.1, 0.15) is 0 Å². The van der Waals surface area contributed by atoms with Crippen molar-refractivity contribution in [3.8, 4) is 11.1 Å². The summed E-state index contributed by atoms with van der Waals surface area (Å²) in [6, 6.07) is 19.3. The highest BCUT2D eigenvalue weighted by atomic mass is 16.2. The van der Waals surface area contributed by atoms with Crippen LogP contribution in [-0.2, 0) is 11.2 Å². The van der Waals surface area contributed by atoms with Crippen molar-refractivity contribution in [2.24, 2.45) is 5.41 Å². The molecular weight excluding hydrogens is 344 g/mol. The van der Waals surface area contributed by atoms with Crippen LogP contribution in [0.1, 0.15) is 38.7 Å². The summed E-state index contributed by atoms with van der Waals surface area (Å²) in [5.41, 5.74) is 5.04. The smallest absolute Gasteiger partial charge is 0.222 e. The highest BCUT2D eigenvalue weighted by molar-refractivity contribution is 5.83. The maximum absolute atomic E-state index is 11.9. The summed E-state index contributed by atoms with van der Waals surface area (Å²) >= 11 is 0. The van der Waals surface area contributed by atoms with Gasteiger partial charge >= 0.3 is 0 Å². The van der Waals surface area contributed by atoms with E-state index in [1.54, 1.807) is 0 Å². The first-order valence-electron chi connectivity index (χ1n) is 10.3. The van der Waals surface area contributed by atoms with Gasteiger partial charge in [0.15, 0.2) is 0 Å². The fourth-order valence-electron chi connectivity index (χ4n) is 4.23. The summed E-state index contributed by atoms with van der Waals surface area (Å²) < 4.78 is 0. The van der Waals surface area contributed by atoms with Gasteiger partial charge in [-0.2, -0.15) is 0 Å². The number of hydrogen-bond acceptors (Lipinski definition) is 2. The van der Waals surface area contributed by atoms with E-state index in [-0.39, 0.29) is 11.3 Å². The van der Waals surface area contributed by atoms with Gasteiger partial charge in [-0.15, -0.1) is 0 Å². The van der Waals surface area contributed by atoms with E-state index < -0.39 is 0 Å². The Labute approximate surface area is 167 Å². The summed E-state index contributed by atoms with van der Waals surface area (Å²) in [6.07, 6.45) is 5.79. The molecule has 1 amide bonds. The summed E-state index contributed by atoms with van der Waals surface area (Å²) in [4.78, 5) is 18.5. The third-order valence-electron chi connectivity index (χ3n) is 6.13. The lowest BCUT2D eigenvalue weighted by Gasteiger charge is -2.39. The highest BCUT2D eigenvalue weighted by Crippen LogP contribution is 2.35. The molecule has 3 nitrogen and oxygen atoms in total. The predicted octanol–water partition coefficient (Wildman–Crippen LogP) is 5.48. The van der Waals surface area contributed by atoms with Crippen molar-refractivity contribution >= 4 is 16.8 Å². The van der Waals surface area contributed by atoms with Crippen molar-refractivity contribution in [2.45, 2.75) is 39.5 Å². The van der Waals surface area contributed by atoms with E-state index in [9.17, 15) is 4.79 Å². The van der Waals surface area contributed by atoms with Crippen LogP contribution in [0.4, 0.5) is 0 Å². The fourth-order valence-corrected chi connectivity index (χ4v) is 4.23. The number of pyridine rings is 1. The quantitative estimate of drug-likeness (QED) is 0.607. The van der Waals surface area contributed by atoms with Crippen molar-refractivity contribution in [2.75, 3.05) is 13.1 Å². The Balaban J connectivity index is 1.45. The van der Waals surface area contributed by atoms with Gasteiger partial charge in [0, 0.05) is 36.7 Å². The number of fused-ring (bicyclic) bond motifs is 1. The van der Waals surface area contributed by atoms with E-state index in [1.165, 1.54) is 16.5 Å². The van der Waals surface area contributed by atoms with E-state index in [1.807, 2.05) is 30.2 Å². The molecule has 0 N–H and O–H groups in total. The Hall–Kier alpha value is -2.68. The lowest BCUT2D eigenvalue weighted by Crippen LogP contribution is -2.42. The third-order valence-corrected chi connectivity index (χ3v) is 6.13. The van der Waals surface area contributed by atoms with Gasteiger partial charge in [0.2, 0.25) is 5.91 Å². The second-order valence-corrected chi connectivity index (χ2v) is 8.34. The van der Waals surface area contributed by atoms with Crippen LogP contribution in [0, 0.1) is 5.41 Å². The standard InChI is InChI=1S/C25H28N2O/c1-3-24(28)27-14-12-25(2,13-15-27)17-19-8-10-20(11-9-19)22-16-21-6-4-5-7-23(21)26-18-22/h4-11,16,18H,3,12-15,17H2,1-2H3. The molecular formula is C25H28N2O. The van der Waals surface area contributed by atoms with Crippen LogP contribution in [0.2, 0.25) is 0 Å². The molecule has 4 rings (SSSR count). The van der Waals surface area contributed by atoms with Crippen LogP contribution in [0.25, 0.3) is 22.0 Å². The van der Waals surface area contributed by atoms with Crippen LogP contribution in [0.5, 0.6) is 0 Å². The molecule has 0 aliphatic carbocycles. The van der Waals surface area contributed by atoms with Gasteiger partial charge in [-0.3, -0.25) is 9.78 Å². The van der Waals surface area contributed by atoms with E-state index in [2.05, 4.69) is 54.4 Å². The summed E-state index contributed by atoms with van der Waals surface area (Å²) in [5.74, 6) is 0.287. The minimum absolute atomic E-state index is 0.274. The van der Waals surface area contributed by atoms with Crippen LogP contribution >= 0.6 is 0 Å². The molecule has 3 aromatic rings. The number of rotatable bonds is 4. The number of amides is 1. The molecule has 0 radical (unpaired) electrons. The van der Waals surface area contributed by atoms with Crippen molar-refractivity contribution in [3.63, 3.8) is 0 Å². The predicted molar refractivity (Wildman–Crippen MR) is 115 cm³/mol. The van der Waals surface area contributed by atoms with Crippen LogP contribution in [0.15, 0.2) is 60.8 Å². The number of piperidine rings is 1. The number of hydrogen-bond donors (Lipinski definition) is 0. The molecule has 0 spiro atoms. The zero-order valence-corrected chi connectivity index (χ0v) is 16.8. The third kappa shape index (κ3) is 3.94. The molecule has 1 aromatic heterocycles. The SMILES string of the molecule is CCC(=O)N1CCC(C)(Cc2ccc(-c3cnc4ccccc4c3)cc2)CC1. The highest BCUT2D eigenvalue weighted by Gasteiger charge is 2.31. The topological polar surface area (TPSA) is 33.2 Å². The molecule has 0 unspecified atom stereocenters. The van der Waals surface area contributed by atoms with Gasteiger partial charge < -0.3 is 4.90 Å². The zero-order valence-electron chi connectivity index (χ0n) is 16.8. The molecule has 2 heterocycles. The van der Waals surface area contributed by atoms with Gasteiger partial charge in [-0.25, -0.2) is 0 Å². The molecule has 28 heavy (non-hydrogen) atoms. The molecule has 1 aliphatic rings. The second-order valence-electron chi connectivity index (χ2n) is 8.34. The Morgan fingerprint density at radius 3 is 2.46 bits per heavy atom. The van der Waals surface area contributed by atoms with E-state index in [4.69, 9.17) is 0 Å². The molecule has 2 aromatic carbocycles. The molecule has 1 fully saturated rings. The maximum Gasteiger partial charge on any atom is 0.222 e. The number of aromatic nitrogens is 1. The maximum atomic E-state index is 11.9. The molecule has 1 aliphatic heterocycles. The summed E-state index contributed by atoms with van der Waals surface area (Å²) in [7, 11) is 0. The fraction of sp³-hybridized carbons (Fsp3) is 0.360. The van der Waals surface area contributed by atoms with Crippen LogP contribution in [-0.4, -0.2) is 28.9 Å². The minimum atomic E-state index is 0.274. The van der Waals surface area contributed by atoms with Gasteiger partial charge in [-0.05, 0) is 47.9 Å². The van der Waals surface area contributed by atoms with Crippen molar-refractivity contribution < 1.29 is 4.79 Å². The first kappa shape index (κ1) is 18.7. The summed E-state index contributed by atoms with van der Waals surface area (Å²) in [6.45, 7) is 6.10. The lowest BCUT2D eigenvalue weighted by molar-refractivity contribution is -0.133. The van der Waals surface area contributed by atoms with Gasteiger partial charge in [0.05, 0.1) is 5.52 Å². The monoisotopic (exact) mass is 372 g/mol. The second kappa shape index (κ2) is 7.75. The number of para-hydroxylation sites is 1. The number of likely N-dealkylation sites (tertiary alicyclic amines) is 1. The normalized spacial score (nSPS) is 16.3. The zero-order chi connectivity index (χ0) is 19.6. The molecule has 0 atom stereocenters. The number of carbonyl (C=O) groups excluding carboxylic acids is 1. The van der Waals surface area contributed by atoms with Gasteiger partial charge in [0.25, 0.3) is 0 Å². The van der Waals surface area contributed by atoms with Gasteiger partial charge in [-0.1, -0.05) is 56.3 Å². The van der Waals surface area contributed by atoms with E-state index in [0.29, 0.717) is 6.42 Å². The number of nitrogens with zero attached hydrogens (tertiary/aromatic N) is 2. The Morgan fingerprint density at radius 1 is 1.04 bits per heavy atom. The average molecular weight is 373 g/mol. The molecule has 3 heteroatoms. The lowest BCUT2D eigenvalue weighted by atomic mass is 9.75. The average Bonchev–Trinajstić information content (AvgIpc) is 2.74. The van der Waals surface area contributed by atoms with Crippen LogP contribution in [0.3, 0.4) is 0 Å². The molecule has 0 saturated carbocycles. The minimum Gasteiger partial charge on any atom is -0.343 e. The largest absolute Gasteiger partial charge is 0.343 e. The molecule has 144 valence electrons. The Kier molecular flexibility index (Phi) is 5.17. The summed E-state index contributed by atoms with van der Waals surface area (Å²) in [5, 5.41) is 1.17. The number of benzene rings is 2. The molecule has 0 bridgehead atoms. The van der Waals surface area contributed by atoms with E-state index >= 15 is 0 Å². The molecule has 1 saturated heterocycles. The number of carbonyl (C=O) groups is 1. The first-order valence-corrected chi connectivity index (χ1v) is 10.3. The first-order chi connectivity index (χ1) is 13.6. The Bertz CT molecular complexity index is 969. The Morgan fingerprint density at radius 2 is 1.75 bits per heavy atom. The van der Waals surface area contributed by atoms with Crippen molar-refractivity contribution in [3.05, 3.63) is 66.4 Å².